The van der Waals surface area contributed by atoms with Gasteiger partial charge in [-0.3, -0.25) is 0 Å². The predicted octanol–water partition coefficient (Wildman–Crippen LogP) is 11.7. The molecule has 0 aliphatic carbocycles. The van der Waals surface area contributed by atoms with Crippen molar-refractivity contribution >= 4 is 44.6 Å². The van der Waals surface area contributed by atoms with Gasteiger partial charge in [-0.05, 0) is 125 Å². The largest absolute Gasteiger partial charge is 0.371 e. The van der Waals surface area contributed by atoms with Crippen molar-refractivity contribution in [2.45, 2.75) is 92.9 Å². The van der Waals surface area contributed by atoms with Gasteiger partial charge in [-0.15, -0.1) is 0 Å². The fourth-order valence-electron chi connectivity index (χ4n) is 9.89. The average molecular weight is 805 g/mol. The van der Waals surface area contributed by atoms with Crippen LogP contribution in [0.25, 0.3) is 44.3 Å². The number of hydrogen-bond acceptors (Lipinski definition) is 4. The Morgan fingerprint density at radius 1 is 0.500 bits per heavy atom. The van der Waals surface area contributed by atoms with Crippen molar-refractivity contribution in [1.29, 1.82) is 0 Å². The van der Waals surface area contributed by atoms with Gasteiger partial charge in [0.1, 0.15) is 14.1 Å². The van der Waals surface area contributed by atoms with Crippen molar-refractivity contribution in [2.75, 3.05) is 72.0 Å². The minimum absolute atomic E-state index is 1.10. The number of benzene rings is 4. The first-order valence-corrected chi connectivity index (χ1v) is 23.3. The molecule has 0 bridgehead atoms. The Labute approximate surface area is 362 Å². The molecule has 0 N–H and O–H groups in total. The third-order valence-corrected chi connectivity index (χ3v) is 13.0. The number of fused-ring (bicyclic) bond motifs is 2. The van der Waals surface area contributed by atoms with E-state index >= 15 is 0 Å². The zero-order chi connectivity index (χ0) is 42.2. The molecule has 2 aliphatic heterocycles. The van der Waals surface area contributed by atoms with Crippen LogP contribution >= 0.6 is 0 Å². The molecule has 0 spiro atoms. The highest BCUT2D eigenvalue weighted by Crippen LogP contribution is 2.38. The predicted molar refractivity (Wildman–Crippen MR) is 259 cm³/mol. The van der Waals surface area contributed by atoms with Gasteiger partial charge in [-0.1, -0.05) is 52.0 Å². The molecule has 8 rings (SSSR count). The molecule has 0 amide bonds. The van der Waals surface area contributed by atoms with Crippen LogP contribution in [-0.2, 0) is 14.1 Å². The molecule has 60 heavy (non-hydrogen) atoms. The van der Waals surface area contributed by atoms with Gasteiger partial charge in [0.25, 0.3) is 0 Å². The van der Waals surface area contributed by atoms with Crippen LogP contribution in [0.3, 0.4) is 0 Å². The van der Waals surface area contributed by atoms with Crippen LogP contribution < -0.4 is 28.7 Å². The summed E-state index contributed by atoms with van der Waals surface area (Å²) in [6.07, 6.45) is 9.90. The Morgan fingerprint density at radius 2 is 0.967 bits per heavy atom. The fraction of sp³-hybridized carbons (Fsp3) is 0.444. The highest BCUT2D eigenvalue weighted by Gasteiger charge is 2.25. The van der Waals surface area contributed by atoms with Crippen LogP contribution in [0.5, 0.6) is 0 Å². The number of rotatable bonds is 14. The lowest BCUT2D eigenvalue weighted by molar-refractivity contribution is -0.633. The summed E-state index contributed by atoms with van der Waals surface area (Å²) < 4.78 is 4.72. The second-order valence-corrected chi connectivity index (χ2v) is 17.3. The van der Waals surface area contributed by atoms with E-state index in [1.807, 2.05) is 0 Å². The van der Waals surface area contributed by atoms with E-state index in [1.54, 1.807) is 0 Å². The molecular formula is C54H72N6+2. The molecule has 0 saturated carbocycles. The van der Waals surface area contributed by atoms with E-state index in [-0.39, 0.29) is 0 Å². The second-order valence-electron chi connectivity index (χ2n) is 17.3. The van der Waals surface area contributed by atoms with E-state index in [0.717, 1.165) is 51.9 Å². The van der Waals surface area contributed by atoms with E-state index in [0.29, 0.717) is 0 Å². The molecule has 6 aromatic rings. The van der Waals surface area contributed by atoms with Crippen molar-refractivity contribution in [3.63, 3.8) is 0 Å². The maximum absolute atomic E-state index is 2.60. The minimum atomic E-state index is 1.10. The number of pyridine rings is 2. The Balaban J connectivity index is 0.000000183. The lowest BCUT2D eigenvalue weighted by Gasteiger charge is -2.30. The second kappa shape index (κ2) is 20.0. The first-order valence-electron chi connectivity index (χ1n) is 23.3. The molecule has 4 aromatic carbocycles. The molecule has 316 valence electrons. The van der Waals surface area contributed by atoms with Gasteiger partial charge in [-0.25, -0.2) is 0 Å². The molecule has 2 aliphatic rings. The Hall–Kier alpha value is -5.10. The number of aromatic nitrogens is 2. The molecule has 2 aromatic heterocycles. The summed E-state index contributed by atoms with van der Waals surface area (Å²) in [6.45, 7) is 22.9. The molecule has 0 radical (unpaired) electrons. The van der Waals surface area contributed by atoms with E-state index in [4.69, 9.17) is 0 Å². The summed E-state index contributed by atoms with van der Waals surface area (Å²) in [5, 5.41) is 2.58. The van der Waals surface area contributed by atoms with Crippen LogP contribution in [0.1, 0.15) is 90.2 Å². The highest BCUT2D eigenvalue weighted by molar-refractivity contribution is 5.83. The monoisotopic (exact) mass is 805 g/mol. The minimum Gasteiger partial charge on any atom is -0.371 e. The van der Waals surface area contributed by atoms with Crippen LogP contribution in [0.2, 0.25) is 0 Å². The first-order chi connectivity index (χ1) is 29.3. The van der Waals surface area contributed by atoms with Crippen molar-refractivity contribution in [3.05, 3.63) is 108 Å². The number of aryl methyl sites for hydroxylation is 2. The smallest absolute Gasteiger partial charge is 0.213 e. The van der Waals surface area contributed by atoms with Gasteiger partial charge in [-0.2, -0.15) is 9.13 Å². The van der Waals surface area contributed by atoms with Crippen LogP contribution in [-0.4, -0.2) is 52.4 Å². The van der Waals surface area contributed by atoms with Gasteiger partial charge >= 0.3 is 0 Å². The van der Waals surface area contributed by atoms with Gasteiger partial charge in [0.05, 0.1) is 11.1 Å². The van der Waals surface area contributed by atoms with E-state index < -0.39 is 0 Å². The summed E-state index contributed by atoms with van der Waals surface area (Å²) in [5.41, 5.74) is 16.2. The summed E-state index contributed by atoms with van der Waals surface area (Å²) in [7, 11) is 4.41. The standard InChI is InChI=1S/C29H42N3.C25H30N3/c1-7-17-31(18-8-2)25-21-26(23(5)29(22-25)32(19-9-3)20-10-4)28-16-15-24-13-11-12-14-27(24)30(28)6;1-19-22(24-12-11-20-9-3-4-10-23(20)26(24)2)17-21(27-13-5-6-14-27)18-25(19)28-15-7-8-16-28/h11-16,21-22H,7-10,17-20H2,1-6H3;3-4,9-12,17-18H,5-8,13-16H2,1-2H3/q2*+1. The normalized spacial score (nSPS) is 13.9. The van der Waals surface area contributed by atoms with Crippen molar-refractivity contribution in [1.82, 2.24) is 0 Å². The summed E-state index contributed by atoms with van der Waals surface area (Å²) in [5.74, 6) is 0. The zero-order valence-corrected chi connectivity index (χ0v) is 38.2. The van der Waals surface area contributed by atoms with Crippen LogP contribution in [0.15, 0.2) is 97.1 Å². The van der Waals surface area contributed by atoms with Crippen molar-refractivity contribution < 1.29 is 9.13 Å². The Bertz CT molecular complexity index is 2360. The number of para-hydroxylation sites is 2. The molecule has 6 nitrogen and oxygen atoms in total. The molecule has 0 atom stereocenters. The van der Waals surface area contributed by atoms with E-state index in [9.17, 15) is 0 Å². The molecule has 0 unspecified atom stereocenters. The third-order valence-electron chi connectivity index (χ3n) is 13.0. The molecule has 4 heterocycles. The summed E-state index contributed by atoms with van der Waals surface area (Å²) >= 11 is 0. The molecule has 2 fully saturated rings. The zero-order valence-electron chi connectivity index (χ0n) is 38.2. The lowest BCUT2D eigenvalue weighted by Crippen LogP contribution is -2.33. The summed E-state index contributed by atoms with van der Waals surface area (Å²) in [6, 6.07) is 36.2. The van der Waals surface area contributed by atoms with Gasteiger partial charge in [0.2, 0.25) is 22.4 Å². The third kappa shape index (κ3) is 9.13. The number of anilines is 4. The SMILES string of the molecule is CCCN(CCC)c1cc(-c2ccc3ccccc3[n+]2C)c(C)c(N(CCC)CCC)c1.Cc1c(-c2ccc3ccccc3[n+]2C)cc(N2CCCC2)cc1N1CCCC1. The van der Waals surface area contributed by atoms with Crippen LogP contribution in [0, 0.1) is 13.8 Å². The topological polar surface area (TPSA) is 20.7 Å². The van der Waals surface area contributed by atoms with Gasteiger partial charge in [0.15, 0.2) is 0 Å². The quantitative estimate of drug-likeness (QED) is 0.102. The van der Waals surface area contributed by atoms with E-state index in [1.165, 1.54) is 130 Å². The van der Waals surface area contributed by atoms with Crippen molar-refractivity contribution in [2.24, 2.45) is 14.1 Å². The van der Waals surface area contributed by atoms with Crippen molar-refractivity contribution in [3.8, 4) is 22.5 Å². The molecule has 6 heteroatoms. The first kappa shape index (κ1) is 43.0. The maximum Gasteiger partial charge on any atom is 0.213 e. The number of nitrogens with zero attached hydrogens (tertiary/aromatic N) is 6. The highest BCUT2D eigenvalue weighted by atomic mass is 15.2. The Kier molecular flexibility index (Phi) is 14.3. The summed E-state index contributed by atoms with van der Waals surface area (Å²) in [4.78, 5) is 10.3. The van der Waals surface area contributed by atoms with Gasteiger partial charge < -0.3 is 19.6 Å². The Morgan fingerprint density at radius 3 is 1.48 bits per heavy atom. The van der Waals surface area contributed by atoms with Gasteiger partial charge in [0, 0.05) is 110 Å². The fourth-order valence-corrected chi connectivity index (χ4v) is 9.89. The molecule has 2 saturated heterocycles. The molecular weight excluding hydrogens is 733 g/mol. The average Bonchev–Trinajstić information content (AvgIpc) is 4.02. The maximum atomic E-state index is 2.60. The van der Waals surface area contributed by atoms with Crippen LogP contribution in [0.4, 0.5) is 22.7 Å². The van der Waals surface area contributed by atoms with E-state index in [2.05, 4.69) is 181 Å². The number of hydrogen-bond donors (Lipinski definition) is 0. The lowest BCUT2D eigenvalue weighted by atomic mass is 9.99.